The predicted molar refractivity (Wildman–Crippen MR) is 111 cm³/mol. The Balaban J connectivity index is 2.34. The Hall–Kier alpha value is -2.41. The SMILES string of the molecule is [2H]c1cc(C([2H])([2H])C(C)(C)C)cc([2H])c1-c1cc(-c2ccccc2C)[n+](C)cc1C([2H])([2H])[2H]. The molecule has 3 rings (SSSR count). The van der Waals surface area contributed by atoms with Gasteiger partial charge in [-0.25, -0.2) is 4.57 Å². The zero-order valence-electron chi connectivity index (χ0n) is 23.1. The zero-order valence-corrected chi connectivity index (χ0v) is 16.1. The van der Waals surface area contributed by atoms with Crippen molar-refractivity contribution in [3.8, 4) is 22.4 Å². The summed E-state index contributed by atoms with van der Waals surface area (Å²) in [5, 5.41) is 0. The van der Waals surface area contributed by atoms with Gasteiger partial charge in [-0.3, -0.25) is 0 Å². The van der Waals surface area contributed by atoms with Crippen molar-refractivity contribution in [1.82, 2.24) is 0 Å². The second-order valence-electron chi connectivity index (χ2n) is 7.69. The molecule has 26 heavy (non-hydrogen) atoms. The fourth-order valence-electron chi connectivity index (χ4n) is 3.03. The van der Waals surface area contributed by atoms with E-state index < -0.39 is 18.6 Å². The Labute approximate surface area is 168 Å². The molecule has 0 saturated heterocycles. The molecule has 0 unspecified atom stereocenters. The minimum absolute atomic E-state index is 0.0518. The average Bonchev–Trinajstić information content (AvgIpc) is 2.67. The van der Waals surface area contributed by atoms with Crippen LogP contribution in [-0.2, 0) is 13.4 Å². The first-order chi connectivity index (χ1) is 15.1. The molecule has 1 heterocycles. The number of hydrogen-bond acceptors (Lipinski definition) is 0. The summed E-state index contributed by atoms with van der Waals surface area (Å²) in [5.74, 6) is 0. The number of pyridine rings is 1. The molecule has 0 N–H and O–H groups in total. The molecule has 0 saturated carbocycles. The van der Waals surface area contributed by atoms with Gasteiger partial charge in [-0.15, -0.1) is 0 Å². The van der Waals surface area contributed by atoms with Gasteiger partial charge in [-0.1, -0.05) is 63.2 Å². The molecule has 0 spiro atoms. The van der Waals surface area contributed by atoms with Gasteiger partial charge in [-0.05, 0) is 53.9 Å². The molecule has 1 heteroatoms. The van der Waals surface area contributed by atoms with Crippen molar-refractivity contribution in [3.05, 3.63) is 77.4 Å². The lowest BCUT2D eigenvalue weighted by Crippen LogP contribution is -2.31. The molecule has 1 aromatic heterocycles. The molecule has 0 aliphatic carbocycles. The highest BCUT2D eigenvalue weighted by molar-refractivity contribution is 5.72. The van der Waals surface area contributed by atoms with Gasteiger partial charge in [0.25, 0.3) is 0 Å². The van der Waals surface area contributed by atoms with Gasteiger partial charge in [0.05, 0.1) is 2.74 Å². The number of nitrogens with zero attached hydrogens (tertiary/aromatic N) is 1. The largest absolute Gasteiger partial charge is 0.213 e. The Bertz CT molecular complexity index is 1180. The summed E-state index contributed by atoms with van der Waals surface area (Å²) in [5.41, 5.74) is 2.75. The molecule has 0 bridgehead atoms. The summed E-state index contributed by atoms with van der Waals surface area (Å²) in [6.07, 6.45) is -0.218. The van der Waals surface area contributed by atoms with Crippen LogP contribution in [0.5, 0.6) is 0 Å². The van der Waals surface area contributed by atoms with Crippen LogP contribution >= 0.6 is 0 Å². The van der Waals surface area contributed by atoms with Crippen molar-refractivity contribution in [2.75, 3.05) is 0 Å². The third kappa shape index (κ3) is 4.04. The maximum atomic E-state index is 8.67. The minimum Gasteiger partial charge on any atom is -0.201 e. The van der Waals surface area contributed by atoms with Gasteiger partial charge in [-0.2, -0.15) is 0 Å². The van der Waals surface area contributed by atoms with Crippen LogP contribution in [0.2, 0.25) is 0 Å². The Morgan fingerprint density at radius 3 is 2.35 bits per heavy atom. The van der Waals surface area contributed by atoms with Crippen molar-refractivity contribution >= 4 is 0 Å². The molecule has 0 radical (unpaired) electrons. The average molecular weight is 352 g/mol. The molecule has 1 nitrogen and oxygen atoms in total. The molecule has 0 atom stereocenters. The highest BCUT2D eigenvalue weighted by Crippen LogP contribution is 2.29. The number of rotatable bonds is 3. The first-order valence-electron chi connectivity index (χ1n) is 12.3. The molecule has 134 valence electrons. The summed E-state index contributed by atoms with van der Waals surface area (Å²) in [7, 11) is 1.78. The van der Waals surface area contributed by atoms with Crippen LogP contribution in [0.1, 0.15) is 47.1 Å². The van der Waals surface area contributed by atoms with E-state index in [0.717, 1.165) is 16.8 Å². The summed E-state index contributed by atoms with van der Waals surface area (Å²) in [6, 6.07) is 12.2. The third-order valence-electron chi connectivity index (χ3n) is 4.23. The molecule has 0 fully saturated rings. The van der Waals surface area contributed by atoms with Crippen molar-refractivity contribution in [2.45, 2.75) is 40.9 Å². The topological polar surface area (TPSA) is 3.88 Å². The highest BCUT2D eigenvalue weighted by atomic mass is 14.9. The van der Waals surface area contributed by atoms with E-state index in [1.54, 1.807) is 44.6 Å². The third-order valence-corrected chi connectivity index (χ3v) is 4.23. The first-order valence-corrected chi connectivity index (χ1v) is 8.78. The second-order valence-corrected chi connectivity index (χ2v) is 7.69. The molecule has 0 aliphatic rings. The summed E-state index contributed by atoms with van der Waals surface area (Å²) >= 11 is 0. The molecular weight excluding hydrogens is 314 g/mol. The van der Waals surface area contributed by atoms with Crippen LogP contribution in [0.25, 0.3) is 22.4 Å². The Morgan fingerprint density at radius 1 is 1.04 bits per heavy atom. The van der Waals surface area contributed by atoms with Crippen molar-refractivity contribution in [2.24, 2.45) is 12.5 Å². The summed E-state index contributed by atoms with van der Waals surface area (Å²) in [6.45, 7) is 4.84. The first kappa shape index (κ1) is 11.3. The van der Waals surface area contributed by atoms with E-state index in [9.17, 15) is 0 Å². The van der Waals surface area contributed by atoms with Gasteiger partial charge in [0.2, 0.25) is 5.69 Å². The predicted octanol–water partition coefficient (Wildman–Crippen LogP) is 6.05. The molecule has 3 aromatic rings. The zero-order chi connectivity index (χ0) is 24.9. The maximum Gasteiger partial charge on any atom is 0.213 e. The van der Waals surface area contributed by atoms with Gasteiger partial charge in [0, 0.05) is 24.0 Å². The van der Waals surface area contributed by atoms with Crippen LogP contribution in [-0.4, -0.2) is 0 Å². The lowest BCUT2D eigenvalue weighted by Gasteiger charge is -2.18. The van der Waals surface area contributed by atoms with Crippen LogP contribution < -0.4 is 4.57 Å². The summed E-state index contributed by atoms with van der Waals surface area (Å²) < 4.78 is 60.4. The fraction of sp³-hybridized carbons (Fsp3) is 0.320. The minimum atomic E-state index is -2.45. The van der Waals surface area contributed by atoms with Gasteiger partial charge >= 0.3 is 0 Å². The van der Waals surface area contributed by atoms with Crippen molar-refractivity contribution in [3.63, 3.8) is 0 Å². The maximum absolute atomic E-state index is 8.67. The van der Waals surface area contributed by atoms with E-state index in [4.69, 9.17) is 9.60 Å². The molecule has 0 amide bonds. The Kier molecular flexibility index (Phi) is 3.08. The number of hydrogen-bond donors (Lipinski definition) is 0. The van der Waals surface area contributed by atoms with E-state index in [1.807, 2.05) is 31.2 Å². The standard InChI is InChI=1S/C25H30N/c1-18-9-7-8-10-22(18)24-15-23(19(2)17-26(24)6)21-13-11-20(12-14-21)16-25(3,4)5/h7-15,17H,16H2,1-6H3/q+1/i2D3,13D,14D,16D2. The highest BCUT2D eigenvalue weighted by Gasteiger charge is 2.17. The van der Waals surface area contributed by atoms with E-state index in [2.05, 4.69) is 0 Å². The van der Waals surface area contributed by atoms with Gasteiger partial charge in [0.1, 0.15) is 7.05 Å². The van der Waals surface area contributed by atoms with Crippen LogP contribution in [0.4, 0.5) is 0 Å². The van der Waals surface area contributed by atoms with Gasteiger partial charge in [0.15, 0.2) is 6.20 Å². The van der Waals surface area contributed by atoms with Crippen LogP contribution in [0, 0.1) is 19.2 Å². The van der Waals surface area contributed by atoms with Crippen LogP contribution in [0.15, 0.2) is 60.7 Å². The van der Waals surface area contributed by atoms with E-state index >= 15 is 0 Å². The number of aromatic nitrogens is 1. The second kappa shape index (κ2) is 7.07. The van der Waals surface area contributed by atoms with Crippen molar-refractivity contribution in [1.29, 1.82) is 0 Å². The smallest absolute Gasteiger partial charge is 0.201 e. The van der Waals surface area contributed by atoms with E-state index in [1.165, 1.54) is 12.1 Å². The molecular formula is C25H30N+. The van der Waals surface area contributed by atoms with Crippen LogP contribution in [0.3, 0.4) is 0 Å². The number of benzene rings is 2. The van der Waals surface area contributed by atoms with E-state index in [0.29, 0.717) is 5.56 Å². The molecule has 2 aromatic carbocycles. The normalized spacial score (nSPS) is 16.6. The Morgan fingerprint density at radius 2 is 1.73 bits per heavy atom. The van der Waals surface area contributed by atoms with Gasteiger partial charge < -0.3 is 0 Å². The van der Waals surface area contributed by atoms with Crippen molar-refractivity contribution < 1.29 is 14.2 Å². The fourth-order valence-corrected chi connectivity index (χ4v) is 3.03. The summed E-state index contributed by atoms with van der Waals surface area (Å²) in [4.78, 5) is 0. The lowest BCUT2D eigenvalue weighted by molar-refractivity contribution is -0.660. The number of aryl methyl sites for hydroxylation is 3. The lowest BCUT2D eigenvalue weighted by atomic mass is 9.87. The monoisotopic (exact) mass is 351 g/mol. The molecule has 0 aliphatic heterocycles. The van der Waals surface area contributed by atoms with E-state index in [-0.39, 0.29) is 28.8 Å². The quantitative estimate of drug-likeness (QED) is 0.506.